The van der Waals surface area contributed by atoms with E-state index in [-0.39, 0.29) is 0 Å². The number of alkyl halides is 12. The normalized spacial score (nSPS) is 17.3. The van der Waals surface area contributed by atoms with Gasteiger partial charge in [0.25, 0.3) is 0 Å². The first-order valence-corrected chi connectivity index (χ1v) is 14.2. The molecule has 2 atom stereocenters. The van der Waals surface area contributed by atoms with Crippen LogP contribution in [0.3, 0.4) is 0 Å². The largest absolute Gasteiger partial charge is 0.490 e. The molecular formula is C28H30F12N4O10. The van der Waals surface area contributed by atoms with Crippen LogP contribution in [0.4, 0.5) is 52.7 Å². The molecule has 2 saturated heterocycles. The number of hydrogen-bond donors (Lipinski definition) is 4. The number of aliphatic carboxylic acids is 4. The number of carboxylic acid groups (broad SMARTS) is 4. The Kier molecular flexibility index (Phi) is 19.7. The van der Waals surface area contributed by atoms with E-state index in [2.05, 4.69) is 31.9 Å². The minimum absolute atomic E-state index is 0.313. The number of aromatic nitrogens is 2. The number of pyridine rings is 2. The van der Waals surface area contributed by atoms with Gasteiger partial charge in [0.1, 0.15) is 0 Å². The van der Waals surface area contributed by atoms with Gasteiger partial charge in [0.2, 0.25) is 5.88 Å². The second-order valence-corrected chi connectivity index (χ2v) is 10.3. The molecule has 2 fully saturated rings. The Labute approximate surface area is 295 Å². The van der Waals surface area contributed by atoms with Crippen molar-refractivity contribution in [1.29, 1.82) is 0 Å². The summed E-state index contributed by atoms with van der Waals surface area (Å²) in [5.74, 6) is -10.3. The molecule has 0 bridgehead atoms. The second-order valence-electron chi connectivity index (χ2n) is 10.3. The second kappa shape index (κ2) is 21.7. The smallest absolute Gasteiger partial charge is 0.481 e. The van der Waals surface area contributed by atoms with Gasteiger partial charge in [-0.3, -0.25) is 14.8 Å². The van der Waals surface area contributed by atoms with Crippen LogP contribution in [0.1, 0.15) is 17.5 Å². The highest BCUT2D eigenvalue weighted by Crippen LogP contribution is 2.27. The molecule has 2 aliphatic rings. The highest BCUT2D eigenvalue weighted by atomic mass is 19.4. The van der Waals surface area contributed by atoms with Crippen molar-refractivity contribution in [3.8, 4) is 5.88 Å². The lowest BCUT2D eigenvalue weighted by Gasteiger charge is -2.37. The summed E-state index contributed by atoms with van der Waals surface area (Å²) >= 11 is 0. The third kappa shape index (κ3) is 20.3. The molecule has 0 unspecified atom stereocenters. The topological polar surface area (TPSA) is 200 Å². The van der Waals surface area contributed by atoms with E-state index in [4.69, 9.17) is 49.1 Å². The van der Waals surface area contributed by atoms with E-state index in [9.17, 15) is 52.7 Å². The summed E-state index contributed by atoms with van der Waals surface area (Å²) in [5.41, 5.74) is 2.30. The van der Waals surface area contributed by atoms with Crippen LogP contribution in [0, 0.1) is 0 Å². The van der Waals surface area contributed by atoms with Crippen molar-refractivity contribution in [1.82, 2.24) is 19.8 Å². The van der Waals surface area contributed by atoms with Gasteiger partial charge in [0, 0.05) is 62.9 Å². The summed E-state index contributed by atoms with van der Waals surface area (Å²) in [7, 11) is 1.69. The fraction of sp³-hybridized carbons (Fsp3) is 0.500. The average molecular weight is 811 g/mol. The number of methoxy groups -OCH3 is 1. The number of carbonyl (C=O) groups is 4. The first-order valence-electron chi connectivity index (χ1n) is 14.2. The number of rotatable bonds is 6. The van der Waals surface area contributed by atoms with Crippen molar-refractivity contribution < 1.29 is 102 Å². The van der Waals surface area contributed by atoms with Gasteiger partial charge in [-0.2, -0.15) is 52.7 Å². The van der Waals surface area contributed by atoms with Gasteiger partial charge in [0.15, 0.2) is 0 Å². The Hall–Kier alpha value is -4.98. The molecule has 0 aromatic carbocycles. The van der Waals surface area contributed by atoms with Crippen molar-refractivity contribution in [2.75, 3.05) is 33.3 Å². The third-order valence-corrected chi connectivity index (χ3v) is 6.28. The van der Waals surface area contributed by atoms with Gasteiger partial charge >= 0.3 is 48.6 Å². The van der Waals surface area contributed by atoms with E-state index in [0.29, 0.717) is 18.8 Å². The number of piperazine rings is 1. The molecule has 0 spiro atoms. The number of nitrogens with zero attached hydrogens (tertiary/aromatic N) is 4. The molecule has 306 valence electrons. The Morgan fingerprint density at radius 1 is 0.741 bits per heavy atom. The van der Waals surface area contributed by atoms with Crippen molar-refractivity contribution >= 4 is 23.9 Å². The van der Waals surface area contributed by atoms with E-state index >= 15 is 0 Å². The molecule has 2 aromatic rings. The minimum atomic E-state index is -5.08. The van der Waals surface area contributed by atoms with Crippen LogP contribution in [0.15, 0.2) is 42.9 Å². The van der Waals surface area contributed by atoms with Crippen LogP contribution >= 0.6 is 0 Å². The summed E-state index contributed by atoms with van der Waals surface area (Å²) in [6, 6.07) is 8.68. The standard InChI is InChI=1S/C20H26N4O2.4C2HF3O2/c1-25-20-17(5-3-7-22-20)12-23-8-9-24-14-19(10-18(24)13-23)26-15-16-4-2-6-21-11-16;4*3-2(4,5)1(6)7/h2-7,11,18-19H,8-10,12-15H2,1H3;4*(H,6,7)/t18-,19+;;;;/m0..../s1. The van der Waals surface area contributed by atoms with Gasteiger partial charge in [-0.15, -0.1) is 0 Å². The molecule has 0 saturated carbocycles. The van der Waals surface area contributed by atoms with Crippen LogP contribution in [0.25, 0.3) is 0 Å². The molecule has 14 nitrogen and oxygen atoms in total. The van der Waals surface area contributed by atoms with Crippen LogP contribution in [-0.2, 0) is 37.1 Å². The Morgan fingerprint density at radius 2 is 1.20 bits per heavy atom. The number of hydrogen-bond acceptors (Lipinski definition) is 10. The number of fused-ring (bicyclic) bond motifs is 1. The highest BCUT2D eigenvalue weighted by Gasteiger charge is 2.40. The maximum absolute atomic E-state index is 10.6. The van der Waals surface area contributed by atoms with Gasteiger partial charge in [-0.25, -0.2) is 24.2 Å². The lowest BCUT2D eigenvalue weighted by molar-refractivity contribution is -0.193. The fourth-order valence-corrected chi connectivity index (χ4v) is 3.99. The van der Waals surface area contributed by atoms with Crippen molar-refractivity contribution in [2.24, 2.45) is 0 Å². The summed E-state index contributed by atoms with van der Waals surface area (Å²) in [5, 5.41) is 28.5. The lowest BCUT2D eigenvalue weighted by Crippen LogP contribution is -2.49. The van der Waals surface area contributed by atoms with Gasteiger partial charge in [0.05, 0.1) is 19.8 Å². The summed E-state index contributed by atoms with van der Waals surface area (Å²) < 4.78 is 138. The number of halogens is 12. The molecule has 54 heavy (non-hydrogen) atoms. The van der Waals surface area contributed by atoms with E-state index in [1.54, 1.807) is 19.5 Å². The first-order chi connectivity index (χ1) is 24.6. The van der Waals surface area contributed by atoms with Gasteiger partial charge in [-0.1, -0.05) is 12.1 Å². The Morgan fingerprint density at radius 3 is 1.61 bits per heavy atom. The van der Waals surface area contributed by atoms with E-state index in [1.807, 2.05) is 18.3 Å². The lowest BCUT2D eigenvalue weighted by atomic mass is 10.1. The van der Waals surface area contributed by atoms with E-state index in [1.165, 1.54) is 0 Å². The zero-order valence-corrected chi connectivity index (χ0v) is 27.2. The molecule has 4 rings (SSSR count). The summed E-state index contributed by atoms with van der Waals surface area (Å²) in [4.78, 5) is 49.1. The zero-order valence-electron chi connectivity index (χ0n) is 27.2. The molecule has 0 amide bonds. The molecule has 0 radical (unpaired) electrons. The number of ether oxygens (including phenoxy) is 2. The molecule has 2 aromatic heterocycles. The predicted octanol–water partition coefficient (Wildman–Crippen LogP) is 4.49. The van der Waals surface area contributed by atoms with Crippen LogP contribution in [-0.4, -0.2) is 134 Å². The molecule has 4 N–H and O–H groups in total. The molecule has 4 heterocycles. The average Bonchev–Trinajstić information content (AvgIpc) is 3.46. The monoisotopic (exact) mass is 810 g/mol. The third-order valence-electron chi connectivity index (χ3n) is 6.28. The quantitative estimate of drug-likeness (QED) is 0.298. The maximum atomic E-state index is 10.6. The van der Waals surface area contributed by atoms with Crippen LogP contribution in [0.5, 0.6) is 5.88 Å². The Bertz CT molecular complexity index is 1380. The van der Waals surface area contributed by atoms with Gasteiger partial charge in [-0.05, 0) is 24.1 Å². The molecular weight excluding hydrogens is 780 g/mol. The maximum Gasteiger partial charge on any atom is 0.490 e. The first kappa shape index (κ1) is 49.0. The minimum Gasteiger partial charge on any atom is -0.481 e. The molecule has 26 heteroatoms. The van der Waals surface area contributed by atoms with Crippen LogP contribution < -0.4 is 4.74 Å². The SMILES string of the molecule is COc1ncccc1CN1CCN2C[C@H](OCc3cccnc3)C[C@H]2C1.O=C(O)C(F)(F)F.O=C(O)C(F)(F)F.O=C(O)C(F)(F)F.O=C(O)C(F)(F)F. The van der Waals surface area contributed by atoms with Crippen molar-refractivity contribution in [3.63, 3.8) is 0 Å². The number of carboxylic acids is 4. The molecule has 2 aliphatic heterocycles. The van der Waals surface area contributed by atoms with Crippen LogP contribution in [0.2, 0.25) is 0 Å². The fourth-order valence-electron chi connectivity index (χ4n) is 3.99. The van der Waals surface area contributed by atoms with E-state index < -0.39 is 48.6 Å². The predicted molar refractivity (Wildman–Crippen MR) is 154 cm³/mol. The van der Waals surface area contributed by atoms with Crippen molar-refractivity contribution in [3.05, 3.63) is 54.0 Å². The highest BCUT2D eigenvalue weighted by molar-refractivity contribution is 5.74. The van der Waals surface area contributed by atoms with E-state index in [0.717, 1.165) is 56.2 Å². The molecule has 0 aliphatic carbocycles. The van der Waals surface area contributed by atoms with Gasteiger partial charge < -0.3 is 29.9 Å². The summed E-state index contributed by atoms with van der Waals surface area (Å²) in [6.45, 7) is 5.82. The van der Waals surface area contributed by atoms with Crippen molar-refractivity contribution in [2.45, 2.75) is 56.4 Å². The zero-order chi connectivity index (χ0) is 42.1. The summed E-state index contributed by atoms with van der Waals surface area (Å²) in [6.07, 6.45) is -13.5. The Balaban J connectivity index is 0.000000820.